The summed E-state index contributed by atoms with van der Waals surface area (Å²) in [4.78, 5) is 37.5. The zero-order valence-electron chi connectivity index (χ0n) is 16.2. The van der Waals surface area contributed by atoms with Gasteiger partial charge in [0, 0.05) is 17.0 Å². The Morgan fingerprint density at radius 2 is 1.61 bits per heavy atom. The van der Waals surface area contributed by atoms with E-state index in [1.54, 1.807) is 57.2 Å². The van der Waals surface area contributed by atoms with E-state index in [0.717, 1.165) is 4.47 Å². The molecule has 0 fully saturated rings. The number of nitrogens with one attached hydrogen (secondary N) is 1. The summed E-state index contributed by atoms with van der Waals surface area (Å²) in [6.45, 7) is 6.56. The highest BCUT2D eigenvalue weighted by Crippen LogP contribution is 2.23. The van der Waals surface area contributed by atoms with Gasteiger partial charge in [-0.05, 0) is 56.7 Å². The van der Waals surface area contributed by atoms with E-state index in [1.165, 1.54) is 13.0 Å². The van der Waals surface area contributed by atoms with Crippen molar-refractivity contribution in [3.8, 4) is 0 Å². The van der Waals surface area contributed by atoms with Crippen molar-refractivity contribution in [3.05, 3.63) is 69.7 Å². The summed E-state index contributed by atoms with van der Waals surface area (Å²) in [5.74, 6) is -1.56. The predicted molar refractivity (Wildman–Crippen MR) is 113 cm³/mol. The van der Waals surface area contributed by atoms with Crippen molar-refractivity contribution in [2.75, 3.05) is 5.32 Å². The number of carbonyl (C=O) groups excluding carboxylic acids is 3. The zero-order chi connectivity index (χ0) is 20.9. The van der Waals surface area contributed by atoms with E-state index < -0.39 is 17.4 Å². The molecular weight excluding hydrogens is 422 g/mol. The first-order chi connectivity index (χ1) is 13.1. The maximum absolute atomic E-state index is 13.2. The van der Waals surface area contributed by atoms with Gasteiger partial charge in [-0.15, -0.1) is 0 Å². The number of rotatable bonds is 5. The number of para-hydroxylation sites is 1. The molecule has 1 N–H and O–H groups in total. The molecule has 0 heterocycles. The molecule has 0 aliphatic carbocycles. The van der Waals surface area contributed by atoms with Crippen LogP contribution in [0.2, 0.25) is 0 Å². The maximum Gasteiger partial charge on any atom is 0.342 e. The Morgan fingerprint density at radius 1 is 1.00 bits per heavy atom. The number of anilines is 1. The summed E-state index contributed by atoms with van der Waals surface area (Å²) < 4.78 is 6.32. The van der Waals surface area contributed by atoms with Crippen LogP contribution in [0.25, 0.3) is 6.08 Å². The number of amides is 1. The molecule has 0 saturated heterocycles. The van der Waals surface area contributed by atoms with Gasteiger partial charge in [0.25, 0.3) is 0 Å². The van der Waals surface area contributed by atoms with Crippen LogP contribution in [0, 0.1) is 0 Å². The minimum Gasteiger partial charge on any atom is -0.456 e. The van der Waals surface area contributed by atoms with Crippen LogP contribution in [-0.2, 0) is 14.3 Å². The van der Waals surface area contributed by atoms with Gasteiger partial charge in [0.15, 0.2) is 0 Å². The normalized spacial score (nSPS) is 11.7. The second-order valence-electron chi connectivity index (χ2n) is 7.17. The molecule has 0 unspecified atom stereocenters. The number of ketones is 1. The molecule has 28 heavy (non-hydrogen) atoms. The summed E-state index contributed by atoms with van der Waals surface area (Å²) in [5, 5.41) is 2.62. The lowest BCUT2D eigenvalue weighted by molar-refractivity contribution is -0.149. The Hall–Kier alpha value is -2.73. The highest BCUT2D eigenvalue weighted by molar-refractivity contribution is 9.10. The van der Waals surface area contributed by atoms with E-state index in [-0.39, 0.29) is 17.0 Å². The van der Waals surface area contributed by atoms with Gasteiger partial charge in [0.2, 0.25) is 11.7 Å². The van der Waals surface area contributed by atoms with Crippen LogP contribution < -0.4 is 5.32 Å². The number of esters is 1. The number of carbonyl (C=O) groups is 3. The third-order valence-electron chi connectivity index (χ3n) is 3.53. The molecule has 0 aliphatic rings. The van der Waals surface area contributed by atoms with Gasteiger partial charge in [-0.25, -0.2) is 4.79 Å². The fourth-order valence-corrected chi connectivity index (χ4v) is 2.67. The molecule has 2 aromatic carbocycles. The lowest BCUT2D eigenvalue weighted by atomic mass is 9.99. The van der Waals surface area contributed by atoms with Crippen molar-refractivity contribution in [1.29, 1.82) is 0 Å². The molecule has 6 heteroatoms. The van der Waals surface area contributed by atoms with E-state index in [0.29, 0.717) is 11.3 Å². The van der Waals surface area contributed by atoms with Crippen molar-refractivity contribution in [1.82, 2.24) is 0 Å². The lowest BCUT2D eigenvalue weighted by Gasteiger charge is -2.20. The second kappa shape index (κ2) is 8.97. The van der Waals surface area contributed by atoms with Crippen LogP contribution >= 0.6 is 15.9 Å². The van der Waals surface area contributed by atoms with Gasteiger partial charge < -0.3 is 10.1 Å². The van der Waals surface area contributed by atoms with Crippen LogP contribution in [0.4, 0.5) is 5.69 Å². The molecule has 1 amide bonds. The van der Waals surface area contributed by atoms with Crippen LogP contribution in [0.1, 0.15) is 43.6 Å². The summed E-state index contributed by atoms with van der Waals surface area (Å²) in [5.41, 5.74) is 0.356. The molecule has 0 saturated carbocycles. The summed E-state index contributed by atoms with van der Waals surface area (Å²) in [6.07, 6.45) is 1.49. The largest absolute Gasteiger partial charge is 0.456 e. The molecule has 5 nitrogen and oxygen atoms in total. The number of halogens is 1. The summed E-state index contributed by atoms with van der Waals surface area (Å²) in [6, 6.07) is 13.7. The van der Waals surface area contributed by atoms with Crippen molar-refractivity contribution < 1.29 is 19.1 Å². The van der Waals surface area contributed by atoms with Crippen LogP contribution in [-0.4, -0.2) is 23.3 Å². The van der Waals surface area contributed by atoms with Crippen LogP contribution in [0.15, 0.2) is 58.6 Å². The van der Waals surface area contributed by atoms with E-state index in [1.807, 2.05) is 12.1 Å². The first-order valence-corrected chi connectivity index (χ1v) is 9.48. The Balaban J connectivity index is 2.52. The average Bonchev–Trinajstić information content (AvgIpc) is 2.59. The molecule has 0 aliphatic heterocycles. The molecule has 0 bridgehead atoms. The molecule has 0 radical (unpaired) electrons. The van der Waals surface area contributed by atoms with Crippen LogP contribution in [0.5, 0.6) is 0 Å². The van der Waals surface area contributed by atoms with Crippen LogP contribution in [0.3, 0.4) is 0 Å². The van der Waals surface area contributed by atoms with E-state index in [9.17, 15) is 14.4 Å². The third kappa shape index (κ3) is 6.16. The first-order valence-electron chi connectivity index (χ1n) is 8.69. The van der Waals surface area contributed by atoms with Gasteiger partial charge in [-0.3, -0.25) is 9.59 Å². The Kier molecular flexibility index (Phi) is 6.91. The Bertz CT molecular complexity index is 924. The van der Waals surface area contributed by atoms with E-state index >= 15 is 0 Å². The topological polar surface area (TPSA) is 72.5 Å². The highest BCUT2D eigenvalue weighted by atomic mass is 79.9. The summed E-state index contributed by atoms with van der Waals surface area (Å²) >= 11 is 3.36. The monoisotopic (exact) mass is 443 g/mol. The van der Waals surface area contributed by atoms with Gasteiger partial charge >= 0.3 is 5.97 Å². The highest BCUT2D eigenvalue weighted by Gasteiger charge is 2.27. The zero-order valence-corrected chi connectivity index (χ0v) is 17.8. The number of Topliss-reactive ketones (excluding diaryl/α,β-unsaturated/α-hetero) is 1. The van der Waals surface area contributed by atoms with E-state index in [2.05, 4.69) is 21.2 Å². The van der Waals surface area contributed by atoms with Crippen molar-refractivity contribution in [2.45, 2.75) is 33.3 Å². The molecule has 0 spiro atoms. The SMILES string of the molecule is CC(=O)Nc1ccccc1C(=O)/C(=C\c1ccc(Br)cc1)C(=O)OC(C)(C)C. The molecule has 2 rings (SSSR count). The maximum atomic E-state index is 13.2. The number of hydrogen-bond acceptors (Lipinski definition) is 4. The third-order valence-corrected chi connectivity index (χ3v) is 4.06. The molecule has 2 aromatic rings. The molecule has 146 valence electrons. The Morgan fingerprint density at radius 3 is 2.18 bits per heavy atom. The second-order valence-corrected chi connectivity index (χ2v) is 8.08. The fourth-order valence-electron chi connectivity index (χ4n) is 2.40. The quantitative estimate of drug-likeness (QED) is 0.231. The van der Waals surface area contributed by atoms with Crippen molar-refractivity contribution in [2.24, 2.45) is 0 Å². The van der Waals surface area contributed by atoms with Gasteiger partial charge in [-0.1, -0.05) is 40.2 Å². The molecular formula is C22H22BrNO4. The number of benzene rings is 2. The number of hydrogen-bond donors (Lipinski definition) is 1. The van der Waals surface area contributed by atoms with Gasteiger partial charge in [0.05, 0.1) is 5.69 Å². The smallest absolute Gasteiger partial charge is 0.342 e. The van der Waals surface area contributed by atoms with E-state index in [4.69, 9.17) is 4.74 Å². The Labute approximate surface area is 172 Å². The average molecular weight is 444 g/mol. The number of ether oxygens (including phenoxy) is 1. The van der Waals surface area contributed by atoms with Gasteiger partial charge in [-0.2, -0.15) is 0 Å². The predicted octanol–water partition coefficient (Wildman–Crippen LogP) is 5.02. The molecule has 0 aromatic heterocycles. The minimum atomic E-state index is -0.757. The minimum absolute atomic E-state index is 0.116. The lowest BCUT2D eigenvalue weighted by Crippen LogP contribution is -2.27. The van der Waals surface area contributed by atoms with Crippen molar-refractivity contribution in [3.63, 3.8) is 0 Å². The summed E-state index contributed by atoms with van der Waals surface area (Å²) in [7, 11) is 0. The fraction of sp³-hybridized carbons (Fsp3) is 0.227. The molecule has 0 atom stereocenters. The van der Waals surface area contributed by atoms with Crippen molar-refractivity contribution >= 4 is 45.4 Å². The first kappa shape index (κ1) is 21.6. The van der Waals surface area contributed by atoms with Gasteiger partial charge in [0.1, 0.15) is 11.2 Å². The standard InChI is InChI=1S/C22H22BrNO4/c1-14(25)24-19-8-6-5-7-17(19)20(26)18(21(27)28-22(2,3)4)13-15-9-11-16(23)12-10-15/h5-13H,1-4H3,(H,24,25)/b18-13+.